The highest BCUT2D eigenvalue weighted by molar-refractivity contribution is 14.1. The van der Waals surface area contributed by atoms with E-state index in [1.807, 2.05) is 22.6 Å². The minimum atomic E-state index is -0.816. The molecule has 1 unspecified atom stereocenters. The number of hydrogen-bond donors (Lipinski definition) is 2. The number of nitrogens with zero attached hydrogens (tertiary/aromatic N) is 1. The van der Waals surface area contributed by atoms with Crippen molar-refractivity contribution in [1.82, 2.24) is 9.55 Å². The molecule has 4 atom stereocenters. The Morgan fingerprint density at radius 3 is 2.71 bits per heavy atom. The van der Waals surface area contributed by atoms with Gasteiger partial charge in [-0.25, -0.2) is 4.79 Å². The summed E-state index contributed by atoms with van der Waals surface area (Å²) in [7, 11) is 0. The van der Waals surface area contributed by atoms with Crippen molar-refractivity contribution in [3.8, 4) is 0 Å². The van der Waals surface area contributed by atoms with E-state index in [1.54, 1.807) is 13.8 Å². The fourth-order valence-corrected chi connectivity index (χ4v) is 3.11. The number of fused-ring (bicyclic) bond motifs is 1. The highest BCUT2D eigenvalue weighted by atomic mass is 127. The predicted molar refractivity (Wildman–Crippen MR) is 78.9 cm³/mol. The molecule has 0 spiro atoms. The Morgan fingerprint density at radius 2 is 2.05 bits per heavy atom. The molecule has 0 aliphatic carbocycles. The molecule has 2 saturated heterocycles. The van der Waals surface area contributed by atoms with E-state index < -0.39 is 41.6 Å². The minimum absolute atomic E-state index is 0.244. The summed E-state index contributed by atoms with van der Waals surface area (Å²) >= 11 is 1.83. The fourth-order valence-electron chi connectivity index (χ4n) is 2.68. The van der Waals surface area contributed by atoms with Gasteiger partial charge in [-0.3, -0.25) is 14.3 Å². The van der Waals surface area contributed by atoms with Crippen molar-refractivity contribution in [1.29, 1.82) is 0 Å². The predicted octanol–water partition coefficient (Wildman–Crippen LogP) is -0.449. The average Bonchev–Trinajstić information content (AvgIpc) is 2.87. The quantitative estimate of drug-likeness (QED) is 0.641. The molecule has 0 aromatic carbocycles. The van der Waals surface area contributed by atoms with Crippen LogP contribution in [0.4, 0.5) is 0 Å². The summed E-state index contributed by atoms with van der Waals surface area (Å²) in [6, 6.07) is 0. The Hall–Kier alpha value is -0.750. The van der Waals surface area contributed by atoms with Crippen LogP contribution in [0.25, 0.3) is 0 Å². The van der Waals surface area contributed by atoms with Crippen molar-refractivity contribution in [2.24, 2.45) is 0 Å². The van der Waals surface area contributed by atoms with E-state index in [9.17, 15) is 14.7 Å². The van der Waals surface area contributed by atoms with E-state index >= 15 is 0 Å². The normalized spacial score (nSPS) is 34.1. The zero-order chi connectivity index (χ0) is 15.4. The van der Waals surface area contributed by atoms with Gasteiger partial charge in [0.1, 0.15) is 18.3 Å². The van der Waals surface area contributed by atoms with Crippen molar-refractivity contribution < 1.29 is 19.3 Å². The van der Waals surface area contributed by atoms with Crippen LogP contribution >= 0.6 is 22.6 Å². The summed E-state index contributed by atoms with van der Waals surface area (Å²) in [5.41, 5.74) is -1.04. The largest absolute Gasteiger partial charge is 0.394 e. The second-order valence-corrected chi connectivity index (χ2v) is 6.62. The maximum Gasteiger partial charge on any atom is 0.330 e. The van der Waals surface area contributed by atoms with Gasteiger partial charge in [0.05, 0.1) is 10.2 Å². The Kier molecular flexibility index (Phi) is 3.72. The van der Waals surface area contributed by atoms with Crippen LogP contribution < -0.4 is 11.2 Å². The first-order valence-electron chi connectivity index (χ1n) is 6.45. The number of halogens is 1. The van der Waals surface area contributed by atoms with Crippen molar-refractivity contribution in [2.45, 2.75) is 44.2 Å². The van der Waals surface area contributed by atoms with Crippen LogP contribution in [-0.2, 0) is 14.2 Å². The van der Waals surface area contributed by atoms with Gasteiger partial charge >= 0.3 is 5.69 Å². The number of aromatic amines is 1. The number of aliphatic hydroxyl groups excluding tert-OH is 1. The maximum absolute atomic E-state index is 12.0. The third kappa shape index (κ3) is 2.57. The molecule has 1 aromatic heterocycles. The van der Waals surface area contributed by atoms with E-state index in [-0.39, 0.29) is 6.61 Å². The Bertz CT molecular complexity index is 668. The molecule has 21 heavy (non-hydrogen) atoms. The Morgan fingerprint density at radius 1 is 1.38 bits per heavy atom. The third-order valence-electron chi connectivity index (χ3n) is 3.50. The lowest BCUT2D eigenvalue weighted by atomic mass is 10.1. The molecule has 3 heterocycles. The lowest BCUT2D eigenvalue weighted by Crippen LogP contribution is -2.38. The molecule has 2 fully saturated rings. The summed E-state index contributed by atoms with van der Waals surface area (Å²) in [5, 5.41) is 9.41. The summed E-state index contributed by atoms with van der Waals surface area (Å²) in [6.07, 6.45) is -0.925. The van der Waals surface area contributed by atoms with Crippen LogP contribution in [0.5, 0.6) is 0 Å². The summed E-state index contributed by atoms with van der Waals surface area (Å²) in [4.78, 5) is 25.7. The smallest absolute Gasteiger partial charge is 0.330 e. The molecule has 0 amide bonds. The second-order valence-electron chi connectivity index (χ2n) is 5.46. The van der Waals surface area contributed by atoms with Gasteiger partial charge in [0.15, 0.2) is 12.0 Å². The molecule has 8 nitrogen and oxygen atoms in total. The van der Waals surface area contributed by atoms with Gasteiger partial charge in [0.2, 0.25) is 0 Å². The van der Waals surface area contributed by atoms with Crippen LogP contribution in [-0.4, -0.2) is 45.4 Å². The standard InChI is InChI=1S/C12H15IN2O6/c1-12(2)20-7-6(4-16)19-10(8(7)21-12)15-3-5(13)9(17)14-11(15)18/h3,6-8,10,16H,4H2,1-2H3,(H,14,17,18)/t6-,7-,8-,10?/m1/s1. The van der Waals surface area contributed by atoms with E-state index in [1.165, 1.54) is 10.8 Å². The van der Waals surface area contributed by atoms with Crippen molar-refractivity contribution in [3.63, 3.8) is 0 Å². The first-order valence-corrected chi connectivity index (χ1v) is 7.53. The van der Waals surface area contributed by atoms with Gasteiger partial charge in [-0.05, 0) is 36.4 Å². The summed E-state index contributed by atoms with van der Waals surface area (Å²) in [5.74, 6) is -0.816. The molecule has 0 radical (unpaired) electrons. The monoisotopic (exact) mass is 410 g/mol. The molecular weight excluding hydrogens is 395 g/mol. The first-order chi connectivity index (χ1) is 9.82. The van der Waals surface area contributed by atoms with Crippen LogP contribution in [0.3, 0.4) is 0 Å². The lowest BCUT2D eigenvalue weighted by Gasteiger charge is -2.24. The minimum Gasteiger partial charge on any atom is -0.394 e. The molecule has 0 saturated carbocycles. The zero-order valence-corrected chi connectivity index (χ0v) is 13.6. The van der Waals surface area contributed by atoms with Gasteiger partial charge in [0.25, 0.3) is 5.56 Å². The van der Waals surface area contributed by atoms with Crippen LogP contribution in [0, 0.1) is 3.57 Å². The van der Waals surface area contributed by atoms with E-state index in [0.29, 0.717) is 3.57 Å². The molecule has 3 rings (SSSR count). The number of nitrogens with one attached hydrogen (secondary N) is 1. The first kappa shape index (κ1) is 15.2. The summed E-state index contributed by atoms with van der Waals surface area (Å²) < 4.78 is 18.8. The van der Waals surface area contributed by atoms with Gasteiger partial charge in [-0.15, -0.1) is 0 Å². The molecule has 2 aliphatic rings. The van der Waals surface area contributed by atoms with Crippen LogP contribution in [0.2, 0.25) is 0 Å². The second kappa shape index (κ2) is 5.16. The van der Waals surface area contributed by atoms with E-state index in [2.05, 4.69) is 4.98 Å². The van der Waals surface area contributed by atoms with Gasteiger partial charge in [-0.2, -0.15) is 0 Å². The molecule has 116 valence electrons. The third-order valence-corrected chi connectivity index (χ3v) is 4.27. The fraction of sp³-hybridized carbons (Fsp3) is 0.667. The number of rotatable bonds is 2. The topological polar surface area (TPSA) is 103 Å². The highest BCUT2D eigenvalue weighted by Gasteiger charge is 2.55. The van der Waals surface area contributed by atoms with Crippen molar-refractivity contribution in [2.75, 3.05) is 6.61 Å². The van der Waals surface area contributed by atoms with E-state index in [4.69, 9.17) is 14.2 Å². The Labute approximate surface area is 133 Å². The van der Waals surface area contributed by atoms with Gasteiger partial charge < -0.3 is 19.3 Å². The van der Waals surface area contributed by atoms with Crippen molar-refractivity contribution in [3.05, 3.63) is 30.6 Å². The molecule has 2 N–H and O–H groups in total. The number of aliphatic hydroxyl groups is 1. The number of H-pyrrole nitrogens is 1. The molecule has 9 heteroatoms. The molecule has 0 bridgehead atoms. The zero-order valence-electron chi connectivity index (χ0n) is 11.4. The number of ether oxygens (including phenoxy) is 3. The van der Waals surface area contributed by atoms with Crippen LogP contribution in [0.15, 0.2) is 15.8 Å². The van der Waals surface area contributed by atoms with E-state index in [0.717, 1.165) is 0 Å². The van der Waals surface area contributed by atoms with Crippen molar-refractivity contribution >= 4 is 22.6 Å². The molecule has 1 aromatic rings. The van der Waals surface area contributed by atoms with Gasteiger partial charge in [-0.1, -0.05) is 0 Å². The number of aromatic nitrogens is 2. The van der Waals surface area contributed by atoms with Crippen LogP contribution in [0.1, 0.15) is 20.1 Å². The van der Waals surface area contributed by atoms with Gasteiger partial charge in [0, 0.05) is 6.20 Å². The maximum atomic E-state index is 12.0. The number of hydrogen-bond acceptors (Lipinski definition) is 6. The lowest BCUT2D eigenvalue weighted by molar-refractivity contribution is -0.200. The molecule has 2 aliphatic heterocycles. The highest BCUT2D eigenvalue weighted by Crippen LogP contribution is 2.42. The average molecular weight is 410 g/mol. The summed E-state index contributed by atoms with van der Waals surface area (Å²) in [6.45, 7) is 3.28. The Balaban J connectivity index is 2.01. The molecular formula is C12H15IN2O6. The SMILES string of the molecule is CC1(C)O[C@@H]2[C@@H](CO)OC(n3cc(I)c(=O)[nH]c3=O)[C@@H]2O1.